The number of sulfonamides is 1. The fourth-order valence-electron chi connectivity index (χ4n) is 3.23. The molecule has 0 aliphatic carbocycles. The standard InChI is InChI=1S/C20H22ClIN2O3S/c1-14-12-15(22)6-9-19(14)23-20(25)17-13-16(7-8-18(17)21)28(26,27)24-10-4-2-3-5-11-24/h6-9,12-13H,2-5,10-11H2,1H3,(H,23,25). The first kappa shape index (κ1) is 21.5. The Morgan fingerprint density at radius 3 is 2.39 bits per heavy atom. The number of anilines is 1. The molecular formula is C20H22ClIN2O3S. The molecule has 2 aromatic rings. The summed E-state index contributed by atoms with van der Waals surface area (Å²) in [7, 11) is -3.65. The van der Waals surface area contributed by atoms with Crippen LogP contribution in [-0.2, 0) is 10.0 Å². The van der Waals surface area contributed by atoms with Crippen LogP contribution in [0, 0.1) is 10.5 Å². The van der Waals surface area contributed by atoms with Gasteiger partial charge >= 0.3 is 0 Å². The summed E-state index contributed by atoms with van der Waals surface area (Å²) in [5.41, 5.74) is 1.74. The lowest BCUT2D eigenvalue weighted by Crippen LogP contribution is -2.32. The van der Waals surface area contributed by atoms with Gasteiger partial charge in [0, 0.05) is 22.3 Å². The van der Waals surface area contributed by atoms with Crippen molar-refractivity contribution in [3.63, 3.8) is 0 Å². The minimum Gasteiger partial charge on any atom is -0.322 e. The van der Waals surface area contributed by atoms with Crippen molar-refractivity contribution in [1.29, 1.82) is 0 Å². The monoisotopic (exact) mass is 532 g/mol. The van der Waals surface area contributed by atoms with Crippen LogP contribution < -0.4 is 5.32 Å². The normalized spacial score (nSPS) is 15.8. The topological polar surface area (TPSA) is 66.5 Å². The molecule has 0 atom stereocenters. The number of amides is 1. The number of aryl methyl sites for hydroxylation is 1. The number of nitrogens with zero attached hydrogens (tertiary/aromatic N) is 1. The highest BCUT2D eigenvalue weighted by molar-refractivity contribution is 14.1. The summed E-state index contributed by atoms with van der Waals surface area (Å²) in [6.07, 6.45) is 3.78. The summed E-state index contributed by atoms with van der Waals surface area (Å²) in [5, 5.41) is 3.05. The van der Waals surface area contributed by atoms with Crippen LogP contribution in [0.1, 0.15) is 41.6 Å². The molecule has 1 saturated heterocycles. The van der Waals surface area contributed by atoms with Gasteiger partial charge in [0.05, 0.1) is 15.5 Å². The van der Waals surface area contributed by atoms with Gasteiger partial charge in [0.15, 0.2) is 0 Å². The lowest BCUT2D eigenvalue weighted by molar-refractivity contribution is 0.102. The third-order valence-electron chi connectivity index (χ3n) is 4.82. The minimum atomic E-state index is -3.65. The fourth-order valence-corrected chi connectivity index (χ4v) is 5.62. The maximum absolute atomic E-state index is 13.0. The molecule has 150 valence electrons. The Balaban J connectivity index is 1.89. The Morgan fingerprint density at radius 1 is 1.07 bits per heavy atom. The zero-order valence-electron chi connectivity index (χ0n) is 15.5. The largest absolute Gasteiger partial charge is 0.322 e. The maximum atomic E-state index is 13.0. The lowest BCUT2D eigenvalue weighted by Gasteiger charge is -2.20. The van der Waals surface area contributed by atoms with E-state index in [0.717, 1.165) is 34.8 Å². The first-order valence-corrected chi connectivity index (χ1v) is 12.1. The maximum Gasteiger partial charge on any atom is 0.257 e. The van der Waals surface area contributed by atoms with Crippen molar-refractivity contribution in [2.75, 3.05) is 18.4 Å². The Bertz CT molecular complexity index is 987. The predicted molar refractivity (Wildman–Crippen MR) is 121 cm³/mol. The summed E-state index contributed by atoms with van der Waals surface area (Å²) in [6.45, 7) is 2.92. The van der Waals surface area contributed by atoms with Crippen molar-refractivity contribution in [1.82, 2.24) is 4.31 Å². The van der Waals surface area contributed by atoms with Crippen molar-refractivity contribution in [3.8, 4) is 0 Å². The highest BCUT2D eigenvalue weighted by atomic mass is 127. The van der Waals surface area contributed by atoms with E-state index in [2.05, 4.69) is 27.9 Å². The molecule has 0 radical (unpaired) electrons. The summed E-state index contributed by atoms with van der Waals surface area (Å²) >= 11 is 8.42. The van der Waals surface area contributed by atoms with Gasteiger partial charge in [-0.05, 0) is 84.3 Å². The van der Waals surface area contributed by atoms with Gasteiger partial charge in [0.1, 0.15) is 0 Å². The molecule has 0 aromatic heterocycles. The molecule has 0 saturated carbocycles. The molecule has 1 aliphatic heterocycles. The van der Waals surface area contributed by atoms with Crippen LogP contribution >= 0.6 is 34.2 Å². The third kappa shape index (κ3) is 4.87. The van der Waals surface area contributed by atoms with Gasteiger partial charge in [0.2, 0.25) is 10.0 Å². The van der Waals surface area contributed by atoms with E-state index in [9.17, 15) is 13.2 Å². The second-order valence-corrected chi connectivity index (χ2v) is 10.5. The highest BCUT2D eigenvalue weighted by Crippen LogP contribution is 2.26. The fraction of sp³-hybridized carbons (Fsp3) is 0.350. The number of hydrogen-bond acceptors (Lipinski definition) is 3. The van der Waals surface area contributed by atoms with E-state index in [1.165, 1.54) is 22.5 Å². The van der Waals surface area contributed by atoms with E-state index in [1.54, 1.807) is 0 Å². The van der Waals surface area contributed by atoms with E-state index < -0.39 is 15.9 Å². The zero-order chi connectivity index (χ0) is 20.3. The highest BCUT2D eigenvalue weighted by Gasteiger charge is 2.26. The number of nitrogens with one attached hydrogen (secondary N) is 1. The number of carbonyl (C=O) groups is 1. The Morgan fingerprint density at radius 2 is 1.75 bits per heavy atom. The molecule has 1 N–H and O–H groups in total. The van der Waals surface area contributed by atoms with Crippen molar-refractivity contribution >= 4 is 55.8 Å². The molecule has 0 unspecified atom stereocenters. The number of halogens is 2. The van der Waals surface area contributed by atoms with Crippen LogP contribution in [0.15, 0.2) is 41.3 Å². The predicted octanol–water partition coefficient (Wildman–Crippen LogP) is 5.07. The summed E-state index contributed by atoms with van der Waals surface area (Å²) in [6, 6.07) is 9.99. The summed E-state index contributed by atoms with van der Waals surface area (Å²) in [5.74, 6) is -0.428. The van der Waals surface area contributed by atoms with Crippen LogP contribution in [0.4, 0.5) is 5.69 Å². The Hall–Kier alpha value is -1.16. The van der Waals surface area contributed by atoms with E-state index in [4.69, 9.17) is 11.6 Å². The first-order chi connectivity index (χ1) is 13.3. The number of carbonyl (C=O) groups excluding carboxylic acids is 1. The molecule has 1 aliphatic rings. The van der Waals surface area contributed by atoms with Crippen molar-refractivity contribution < 1.29 is 13.2 Å². The molecule has 8 heteroatoms. The molecule has 1 heterocycles. The summed E-state index contributed by atoms with van der Waals surface area (Å²) < 4.78 is 28.6. The van der Waals surface area contributed by atoms with Crippen LogP contribution in [0.2, 0.25) is 5.02 Å². The molecule has 3 rings (SSSR count). The van der Waals surface area contributed by atoms with Crippen LogP contribution in [0.3, 0.4) is 0 Å². The zero-order valence-corrected chi connectivity index (χ0v) is 19.3. The molecule has 1 fully saturated rings. The first-order valence-electron chi connectivity index (χ1n) is 9.16. The third-order valence-corrected chi connectivity index (χ3v) is 7.72. The van der Waals surface area contributed by atoms with E-state index in [0.29, 0.717) is 18.8 Å². The molecule has 1 amide bonds. The Labute approximate surface area is 184 Å². The van der Waals surface area contributed by atoms with Crippen LogP contribution in [0.25, 0.3) is 0 Å². The Kier molecular flexibility index (Phi) is 7.01. The molecule has 0 bridgehead atoms. The number of rotatable bonds is 4. The molecule has 28 heavy (non-hydrogen) atoms. The SMILES string of the molecule is Cc1cc(I)ccc1NC(=O)c1cc(S(=O)(=O)N2CCCCCC2)ccc1Cl. The minimum absolute atomic E-state index is 0.100. The van der Waals surface area contributed by atoms with Crippen LogP contribution in [0.5, 0.6) is 0 Å². The average molecular weight is 533 g/mol. The molecule has 5 nitrogen and oxygen atoms in total. The van der Waals surface area contributed by atoms with Gasteiger partial charge in [0.25, 0.3) is 5.91 Å². The van der Waals surface area contributed by atoms with E-state index >= 15 is 0 Å². The molecular weight excluding hydrogens is 511 g/mol. The van der Waals surface area contributed by atoms with Crippen molar-refractivity contribution in [2.24, 2.45) is 0 Å². The lowest BCUT2D eigenvalue weighted by atomic mass is 10.1. The van der Waals surface area contributed by atoms with Gasteiger partial charge in [-0.1, -0.05) is 24.4 Å². The summed E-state index contributed by atoms with van der Waals surface area (Å²) in [4.78, 5) is 12.9. The van der Waals surface area contributed by atoms with Gasteiger partial charge in [-0.2, -0.15) is 4.31 Å². The van der Waals surface area contributed by atoms with Crippen molar-refractivity contribution in [3.05, 3.63) is 56.1 Å². The second-order valence-electron chi connectivity index (χ2n) is 6.87. The van der Waals surface area contributed by atoms with Gasteiger partial charge in [-0.15, -0.1) is 0 Å². The van der Waals surface area contributed by atoms with Crippen molar-refractivity contribution in [2.45, 2.75) is 37.5 Å². The van der Waals surface area contributed by atoms with E-state index in [-0.39, 0.29) is 15.5 Å². The van der Waals surface area contributed by atoms with Gasteiger partial charge < -0.3 is 5.32 Å². The average Bonchev–Trinajstić information content (AvgIpc) is 2.94. The number of hydrogen-bond donors (Lipinski definition) is 1. The number of benzene rings is 2. The quantitative estimate of drug-likeness (QED) is 0.559. The van der Waals surface area contributed by atoms with Crippen LogP contribution in [-0.4, -0.2) is 31.7 Å². The second kappa shape index (κ2) is 9.11. The molecule has 0 spiro atoms. The van der Waals surface area contributed by atoms with Gasteiger partial charge in [-0.3, -0.25) is 4.79 Å². The van der Waals surface area contributed by atoms with E-state index in [1.807, 2.05) is 25.1 Å². The van der Waals surface area contributed by atoms with Gasteiger partial charge in [-0.25, -0.2) is 8.42 Å². The smallest absolute Gasteiger partial charge is 0.257 e. The molecule has 2 aromatic carbocycles.